The average molecular weight is 714 g/mol. The molecule has 0 aliphatic heterocycles. The van der Waals surface area contributed by atoms with Crippen molar-refractivity contribution in [2.75, 3.05) is 0 Å². The summed E-state index contributed by atoms with van der Waals surface area (Å²) in [5.74, 6) is 0. The summed E-state index contributed by atoms with van der Waals surface area (Å²) in [7, 11) is 0. The zero-order valence-corrected chi connectivity index (χ0v) is 30.4. The molecule has 260 valence electrons. The van der Waals surface area contributed by atoms with Gasteiger partial charge in [0.2, 0.25) is 0 Å². The largest absolute Gasteiger partial charge is 0.309 e. The van der Waals surface area contributed by atoms with Crippen LogP contribution >= 0.6 is 0 Å². The van der Waals surface area contributed by atoms with Crippen LogP contribution in [-0.4, -0.2) is 13.7 Å². The molecule has 0 unspecified atom stereocenters. The first-order chi connectivity index (χ1) is 27.6. The van der Waals surface area contributed by atoms with E-state index in [0.29, 0.717) is 11.3 Å². The van der Waals surface area contributed by atoms with Gasteiger partial charge in [0.05, 0.1) is 45.4 Å². The van der Waals surface area contributed by atoms with Crippen LogP contribution in [0.15, 0.2) is 170 Å². The predicted molar refractivity (Wildman–Crippen MR) is 231 cm³/mol. The van der Waals surface area contributed by atoms with Gasteiger partial charge >= 0.3 is 0 Å². The van der Waals surface area contributed by atoms with Crippen LogP contribution in [0.4, 0.5) is 5.69 Å². The predicted octanol–water partition coefficient (Wildman–Crippen LogP) is 13.4. The molecular formula is C51H31N5. The van der Waals surface area contributed by atoms with Gasteiger partial charge in [-0.3, -0.25) is 0 Å². The molecule has 0 saturated carbocycles. The molecule has 0 saturated heterocycles. The van der Waals surface area contributed by atoms with Crippen molar-refractivity contribution < 1.29 is 0 Å². The highest BCUT2D eigenvalue weighted by molar-refractivity contribution is 6.13. The fourth-order valence-electron chi connectivity index (χ4n) is 9.03. The van der Waals surface area contributed by atoms with Gasteiger partial charge in [-0.05, 0) is 84.8 Å². The number of aryl methyl sites for hydroxylation is 1. The van der Waals surface area contributed by atoms with E-state index < -0.39 is 0 Å². The molecule has 3 heterocycles. The van der Waals surface area contributed by atoms with Gasteiger partial charge in [0, 0.05) is 54.8 Å². The molecule has 5 nitrogen and oxygen atoms in total. The third kappa shape index (κ3) is 4.46. The first kappa shape index (κ1) is 31.6. The van der Waals surface area contributed by atoms with Gasteiger partial charge in [-0.15, -0.1) is 0 Å². The summed E-state index contributed by atoms with van der Waals surface area (Å²) in [5, 5.41) is 17.9. The van der Waals surface area contributed by atoms with Crippen molar-refractivity contribution in [1.29, 1.82) is 5.26 Å². The van der Waals surface area contributed by atoms with Crippen molar-refractivity contribution in [2.24, 2.45) is 0 Å². The summed E-state index contributed by atoms with van der Waals surface area (Å²) < 4.78 is 6.86. The van der Waals surface area contributed by atoms with Gasteiger partial charge in [-0.1, -0.05) is 103 Å². The maximum Gasteiger partial charge on any atom is 0.189 e. The van der Waals surface area contributed by atoms with E-state index in [-0.39, 0.29) is 0 Å². The number of nitriles is 1. The Morgan fingerprint density at radius 1 is 0.464 bits per heavy atom. The van der Waals surface area contributed by atoms with Crippen LogP contribution in [0.5, 0.6) is 0 Å². The smallest absolute Gasteiger partial charge is 0.189 e. The summed E-state index contributed by atoms with van der Waals surface area (Å²) >= 11 is 0. The van der Waals surface area contributed by atoms with Crippen LogP contribution in [0.25, 0.3) is 98.5 Å². The molecular weight excluding hydrogens is 683 g/mol. The van der Waals surface area contributed by atoms with Crippen LogP contribution in [0, 0.1) is 24.8 Å². The van der Waals surface area contributed by atoms with Crippen LogP contribution in [0.1, 0.15) is 11.1 Å². The van der Waals surface area contributed by atoms with Crippen LogP contribution in [-0.2, 0) is 0 Å². The molecule has 56 heavy (non-hydrogen) atoms. The van der Waals surface area contributed by atoms with Crippen LogP contribution < -0.4 is 0 Å². The maximum atomic E-state index is 11.0. The van der Waals surface area contributed by atoms with Crippen molar-refractivity contribution in [3.63, 3.8) is 0 Å². The highest BCUT2D eigenvalue weighted by atomic mass is 15.0. The van der Waals surface area contributed by atoms with E-state index in [0.717, 1.165) is 66.6 Å². The molecule has 8 aromatic carbocycles. The Hall–Kier alpha value is -7.86. The first-order valence-electron chi connectivity index (χ1n) is 18.7. The van der Waals surface area contributed by atoms with Crippen LogP contribution in [0.3, 0.4) is 0 Å². The molecule has 0 fully saturated rings. The molecule has 0 spiro atoms. The quantitative estimate of drug-likeness (QED) is 0.167. The summed E-state index contributed by atoms with van der Waals surface area (Å²) in [5.41, 5.74) is 13.5. The Balaban J connectivity index is 1.12. The van der Waals surface area contributed by atoms with Gasteiger partial charge in [-0.25, -0.2) is 4.85 Å². The van der Waals surface area contributed by atoms with E-state index >= 15 is 0 Å². The zero-order chi connectivity index (χ0) is 37.5. The van der Waals surface area contributed by atoms with E-state index in [2.05, 4.69) is 165 Å². The average Bonchev–Trinajstić information content (AvgIpc) is 3.88. The zero-order valence-electron chi connectivity index (χ0n) is 30.4. The number of rotatable bonds is 4. The Morgan fingerprint density at radius 2 is 1.00 bits per heavy atom. The van der Waals surface area contributed by atoms with Crippen molar-refractivity contribution in [3.8, 4) is 34.3 Å². The minimum atomic E-state index is 0.563. The lowest BCUT2D eigenvalue weighted by Gasteiger charge is -2.17. The maximum absolute atomic E-state index is 11.0. The minimum Gasteiger partial charge on any atom is -0.309 e. The van der Waals surface area contributed by atoms with Crippen molar-refractivity contribution in [3.05, 3.63) is 192 Å². The molecule has 3 aromatic heterocycles. The first-order valence-corrected chi connectivity index (χ1v) is 18.7. The van der Waals surface area contributed by atoms with E-state index in [1.54, 1.807) is 0 Å². The van der Waals surface area contributed by atoms with Gasteiger partial charge in [-0.2, -0.15) is 5.26 Å². The molecule has 0 amide bonds. The van der Waals surface area contributed by atoms with Gasteiger partial charge in [0.1, 0.15) is 6.07 Å². The molecule has 0 aliphatic rings. The fourth-order valence-corrected chi connectivity index (χ4v) is 9.03. The van der Waals surface area contributed by atoms with Gasteiger partial charge in [0.25, 0.3) is 0 Å². The molecule has 0 aliphatic carbocycles. The van der Waals surface area contributed by atoms with E-state index in [1.165, 1.54) is 32.6 Å². The number of hydrogen-bond acceptors (Lipinski definition) is 1. The Bertz CT molecular complexity index is 3470. The standard InChI is InChI=1S/C51H31N5/c1-32-22-26-49(56-47-21-10-5-16-39(47)41-25-23-34(53-2)29-50(41)56)43(31-52)51(32)33-12-11-13-35(28-33)54-46-20-9-6-17-40(46)42-30-36(24-27-48(42)54)55-44-18-7-3-14-37(44)38-15-4-8-19-45(38)55/h3-30H,1H3. The summed E-state index contributed by atoms with van der Waals surface area (Å²) in [4.78, 5) is 3.73. The molecule has 0 bridgehead atoms. The SMILES string of the molecule is [C-]#[N+]c1ccc2c3ccccc3n(-c3ccc(C)c(-c4cccc(-n5c6ccccc6c6cc(-n7c8ccccc8c8ccccc87)ccc65)c4)c3C#N)c2c1. The minimum absolute atomic E-state index is 0.563. The third-order valence-corrected chi connectivity index (χ3v) is 11.4. The Labute approximate surface area is 322 Å². The van der Waals surface area contributed by atoms with Gasteiger partial charge in [0.15, 0.2) is 5.69 Å². The second kappa shape index (κ2) is 12.1. The van der Waals surface area contributed by atoms with Gasteiger partial charge < -0.3 is 13.7 Å². The lowest BCUT2D eigenvalue weighted by molar-refractivity contribution is 1.16. The van der Waals surface area contributed by atoms with E-state index in [9.17, 15) is 5.26 Å². The van der Waals surface area contributed by atoms with E-state index in [1.807, 2.05) is 36.4 Å². The number of nitrogens with zero attached hydrogens (tertiary/aromatic N) is 5. The van der Waals surface area contributed by atoms with E-state index in [4.69, 9.17) is 6.57 Å². The molecule has 11 rings (SSSR count). The van der Waals surface area contributed by atoms with Crippen molar-refractivity contribution in [1.82, 2.24) is 13.7 Å². The highest BCUT2D eigenvalue weighted by Gasteiger charge is 2.21. The Morgan fingerprint density at radius 3 is 1.61 bits per heavy atom. The summed E-state index contributed by atoms with van der Waals surface area (Å²) in [6.07, 6.45) is 0. The third-order valence-electron chi connectivity index (χ3n) is 11.4. The number of para-hydroxylation sites is 4. The number of benzene rings is 8. The highest BCUT2D eigenvalue weighted by Crippen LogP contribution is 2.41. The van der Waals surface area contributed by atoms with Crippen molar-refractivity contribution >= 4 is 71.1 Å². The fraction of sp³-hybridized carbons (Fsp3) is 0.0196. The second-order valence-corrected chi connectivity index (χ2v) is 14.4. The number of hydrogen-bond donors (Lipinski definition) is 0. The van der Waals surface area contributed by atoms with Crippen LogP contribution in [0.2, 0.25) is 0 Å². The number of fused-ring (bicyclic) bond motifs is 9. The normalized spacial score (nSPS) is 11.6. The summed E-state index contributed by atoms with van der Waals surface area (Å²) in [6.45, 7) is 9.80. The lowest BCUT2D eigenvalue weighted by Crippen LogP contribution is -2.02. The topological polar surface area (TPSA) is 42.9 Å². The molecule has 0 N–H and O–H groups in total. The Kier molecular flexibility index (Phi) is 6.83. The lowest BCUT2D eigenvalue weighted by atomic mass is 9.93. The molecule has 5 heteroatoms. The molecule has 0 atom stereocenters. The monoisotopic (exact) mass is 713 g/mol. The molecule has 0 radical (unpaired) electrons. The molecule has 11 aromatic rings. The number of aromatic nitrogens is 3. The second-order valence-electron chi connectivity index (χ2n) is 14.4. The van der Waals surface area contributed by atoms with Crippen molar-refractivity contribution in [2.45, 2.75) is 6.92 Å². The summed E-state index contributed by atoms with van der Waals surface area (Å²) in [6, 6.07) is 62.0.